The molecule has 2 N–H and O–H groups in total. The first-order valence-corrected chi connectivity index (χ1v) is 2.30. The topological polar surface area (TPSA) is 40.7 Å². The Balaban J connectivity index is 2.62. The molecular formula is C5H7N3. The molecule has 0 aliphatic carbocycles. The van der Waals surface area contributed by atoms with Gasteiger partial charge in [0.15, 0.2) is 0 Å². The summed E-state index contributed by atoms with van der Waals surface area (Å²) in [6.45, 7) is 3.48. The van der Waals surface area contributed by atoms with Crippen LogP contribution >= 0.6 is 0 Å². The minimum Gasteiger partial charge on any atom is -0.348 e. The summed E-state index contributed by atoms with van der Waals surface area (Å²) in [5.74, 6) is 0.861. The molecule has 0 fully saturated rings. The maximum Gasteiger partial charge on any atom is 0.125 e. The number of H-pyrrole nitrogens is 1. The van der Waals surface area contributed by atoms with E-state index in [4.69, 9.17) is 0 Å². The van der Waals surface area contributed by atoms with Crippen LogP contribution < -0.4 is 5.32 Å². The zero-order chi connectivity index (χ0) is 5.82. The van der Waals surface area contributed by atoms with Crippen molar-refractivity contribution in [1.82, 2.24) is 10.2 Å². The first-order valence-electron chi connectivity index (χ1n) is 2.30. The van der Waals surface area contributed by atoms with E-state index in [-0.39, 0.29) is 0 Å². The molecule has 3 nitrogen and oxygen atoms in total. The molecule has 1 rings (SSSR count). The molecule has 0 saturated heterocycles. The van der Waals surface area contributed by atoms with E-state index >= 15 is 0 Å². The van der Waals surface area contributed by atoms with Gasteiger partial charge in [-0.2, -0.15) is 5.10 Å². The van der Waals surface area contributed by atoms with Crippen LogP contribution in [0, 0.1) is 0 Å². The van der Waals surface area contributed by atoms with Gasteiger partial charge in [0.05, 0.1) is 6.20 Å². The third-order valence-electron chi connectivity index (χ3n) is 0.758. The van der Waals surface area contributed by atoms with Crippen molar-refractivity contribution in [1.29, 1.82) is 0 Å². The molecule has 0 spiro atoms. The summed E-state index contributed by atoms with van der Waals surface area (Å²) in [6.07, 6.45) is 3.26. The quantitative estimate of drug-likeness (QED) is 0.594. The molecule has 0 aliphatic heterocycles. The lowest BCUT2D eigenvalue weighted by Gasteiger charge is -1.88. The number of aromatic nitrogens is 2. The fraction of sp³-hybridized carbons (Fsp3) is 0. The minimum absolute atomic E-state index is 0.861. The first kappa shape index (κ1) is 4.90. The van der Waals surface area contributed by atoms with Crippen molar-refractivity contribution >= 4 is 5.82 Å². The first-order chi connectivity index (χ1) is 3.93. The molecule has 0 bridgehead atoms. The molecule has 8 heavy (non-hydrogen) atoms. The van der Waals surface area contributed by atoms with Gasteiger partial charge in [-0.1, -0.05) is 6.58 Å². The highest BCUT2D eigenvalue weighted by molar-refractivity contribution is 5.34. The van der Waals surface area contributed by atoms with E-state index in [9.17, 15) is 0 Å². The highest BCUT2D eigenvalue weighted by Crippen LogP contribution is 1.95. The number of aromatic amines is 1. The molecule has 3 heteroatoms. The molecule has 42 valence electrons. The lowest BCUT2D eigenvalue weighted by Crippen LogP contribution is -1.84. The Hall–Kier alpha value is -1.25. The van der Waals surface area contributed by atoms with Gasteiger partial charge >= 0.3 is 0 Å². The summed E-state index contributed by atoms with van der Waals surface area (Å²) < 4.78 is 0. The predicted octanol–water partition coefficient (Wildman–Crippen LogP) is 0.965. The van der Waals surface area contributed by atoms with E-state index in [0.717, 1.165) is 5.82 Å². The summed E-state index contributed by atoms with van der Waals surface area (Å²) in [6, 6.07) is 1.82. The van der Waals surface area contributed by atoms with E-state index in [2.05, 4.69) is 22.1 Å². The van der Waals surface area contributed by atoms with E-state index in [1.807, 2.05) is 6.07 Å². The maximum atomic E-state index is 3.71. The average Bonchev–Trinajstić information content (AvgIpc) is 2.19. The second-order valence-electron chi connectivity index (χ2n) is 1.32. The summed E-state index contributed by atoms with van der Waals surface area (Å²) >= 11 is 0. The second-order valence-corrected chi connectivity index (χ2v) is 1.32. The normalized spacial score (nSPS) is 8.50. The third-order valence-corrected chi connectivity index (χ3v) is 0.758. The molecule has 1 heterocycles. The lowest BCUT2D eigenvalue weighted by atomic mass is 10.6. The summed E-state index contributed by atoms with van der Waals surface area (Å²) in [5.41, 5.74) is 0. The number of anilines is 1. The zero-order valence-corrected chi connectivity index (χ0v) is 4.39. The van der Waals surface area contributed by atoms with Crippen LogP contribution in [-0.2, 0) is 0 Å². The van der Waals surface area contributed by atoms with Gasteiger partial charge in [0, 0.05) is 6.07 Å². The van der Waals surface area contributed by atoms with Crippen LogP contribution in [0.3, 0.4) is 0 Å². The van der Waals surface area contributed by atoms with Gasteiger partial charge in [0.25, 0.3) is 0 Å². The van der Waals surface area contributed by atoms with E-state index in [1.54, 1.807) is 12.4 Å². The van der Waals surface area contributed by atoms with Crippen molar-refractivity contribution in [2.24, 2.45) is 0 Å². The molecule has 1 aromatic rings. The van der Waals surface area contributed by atoms with Crippen LogP contribution in [0.5, 0.6) is 0 Å². The van der Waals surface area contributed by atoms with Crippen LogP contribution in [-0.4, -0.2) is 10.2 Å². The maximum absolute atomic E-state index is 3.71. The highest BCUT2D eigenvalue weighted by atomic mass is 15.2. The van der Waals surface area contributed by atoms with Crippen LogP contribution in [0.2, 0.25) is 0 Å². The smallest absolute Gasteiger partial charge is 0.125 e. The standard InChI is InChI=1S/C5H7N3/c1-2-6-5-3-4-7-8-5/h2-4H,1H2,(H2,6,7,8). The van der Waals surface area contributed by atoms with Crippen LogP contribution in [0.25, 0.3) is 0 Å². The Labute approximate surface area is 47.4 Å². The van der Waals surface area contributed by atoms with Crippen LogP contribution in [0.4, 0.5) is 5.82 Å². The number of hydrogen-bond acceptors (Lipinski definition) is 2. The average molecular weight is 109 g/mol. The van der Waals surface area contributed by atoms with Crippen molar-refractivity contribution in [2.75, 3.05) is 5.32 Å². The van der Waals surface area contributed by atoms with Crippen molar-refractivity contribution < 1.29 is 0 Å². The number of rotatable bonds is 2. The summed E-state index contributed by atoms with van der Waals surface area (Å²) in [5, 5.41) is 9.24. The SMILES string of the molecule is C=CNc1ccn[nH]1. The van der Waals surface area contributed by atoms with Crippen LogP contribution in [0.1, 0.15) is 0 Å². The molecule has 0 amide bonds. The number of nitrogens with zero attached hydrogens (tertiary/aromatic N) is 1. The van der Waals surface area contributed by atoms with Crippen molar-refractivity contribution in [3.8, 4) is 0 Å². The molecular weight excluding hydrogens is 102 g/mol. The predicted molar refractivity (Wildman–Crippen MR) is 32.4 cm³/mol. The van der Waals surface area contributed by atoms with Crippen molar-refractivity contribution in [2.45, 2.75) is 0 Å². The van der Waals surface area contributed by atoms with Crippen molar-refractivity contribution in [3.63, 3.8) is 0 Å². The molecule has 0 saturated carbocycles. The molecule has 0 atom stereocenters. The van der Waals surface area contributed by atoms with E-state index in [1.165, 1.54) is 0 Å². The van der Waals surface area contributed by atoms with E-state index < -0.39 is 0 Å². The van der Waals surface area contributed by atoms with Gasteiger partial charge < -0.3 is 5.32 Å². The molecule has 0 aliphatic rings. The van der Waals surface area contributed by atoms with Gasteiger partial charge in [-0.3, -0.25) is 5.10 Å². The van der Waals surface area contributed by atoms with Gasteiger partial charge in [0.1, 0.15) is 5.82 Å². The van der Waals surface area contributed by atoms with Gasteiger partial charge in [-0.25, -0.2) is 0 Å². The number of nitrogens with one attached hydrogen (secondary N) is 2. The fourth-order valence-electron chi connectivity index (χ4n) is 0.446. The molecule has 0 unspecified atom stereocenters. The molecule has 0 radical (unpaired) electrons. The Morgan fingerprint density at radius 1 is 1.88 bits per heavy atom. The van der Waals surface area contributed by atoms with Gasteiger partial charge in [-0.15, -0.1) is 0 Å². The third kappa shape index (κ3) is 0.872. The Morgan fingerprint density at radius 3 is 3.25 bits per heavy atom. The number of hydrogen-bond donors (Lipinski definition) is 2. The highest BCUT2D eigenvalue weighted by Gasteiger charge is 1.82. The largest absolute Gasteiger partial charge is 0.348 e. The summed E-state index contributed by atoms with van der Waals surface area (Å²) in [4.78, 5) is 0. The van der Waals surface area contributed by atoms with Crippen molar-refractivity contribution in [3.05, 3.63) is 25.0 Å². The van der Waals surface area contributed by atoms with E-state index in [0.29, 0.717) is 0 Å². The second kappa shape index (κ2) is 2.16. The Kier molecular flexibility index (Phi) is 1.32. The molecule has 1 aromatic heterocycles. The summed E-state index contributed by atoms with van der Waals surface area (Å²) in [7, 11) is 0. The minimum atomic E-state index is 0.861. The van der Waals surface area contributed by atoms with Crippen LogP contribution in [0.15, 0.2) is 25.0 Å². The molecule has 0 aromatic carbocycles. The van der Waals surface area contributed by atoms with Gasteiger partial charge in [0.2, 0.25) is 0 Å². The zero-order valence-electron chi connectivity index (χ0n) is 4.39. The lowest BCUT2D eigenvalue weighted by molar-refractivity contribution is 1.09. The Morgan fingerprint density at radius 2 is 2.75 bits per heavy atom. The fourth-order valence-corrected chi connectivity index (χ4v) is 0.446. The Bertz CT molecular complexity index is 154. The van der Waals surface area contributed by atoms with Gasteiger partial charge in [-0.05, 0) is 6.20 Å². The monoisotopic (exact) mass is 109 g/mol.